The Balaban J connectivity index is 2.05. The van der Waals surface area contributed by atoms with Gasteiger partial charge in [0, 0.05) is 17.2 Å². The van der Waals surface area contributed by atoms with Gasteiger partial charge in [-0.15, -0.1) is 11.3 Å². The maximum Gasteiger partial charge on any atom is 0.162 e. The van der Waals surface area contributed by atoms with Crippen LogP contribution in [0.15, 0.2) is 23.6 Å². The van der Waals surface area contributed by atoms with Crippen molar-refractivity contribution in [3.63, 3.8) is 0 Å². The van der Waals surface area contributed by atoms with Crippen LogP contribution in [0, 0.1) is 11.6 Å². The molecule has 0 spiro atoms. The summed E-state index contributed by atoms with van der Waals surface area (Å²) in [4.78, 5) is 16.4. The number of ketones is 1. The van der Waals surface area contributed by atoms with Gasteiger partial charge in [0.05, 0.1) is 12.1 Å². The molecule has 1 aromatic heterocycles. The van der Waals surface area contributed by atoms with Crippen molar-refractivity contribution < 1.29 is 13.6 Å². The number of Topliss-reactive ketones (excluding diaryl/α,β-unsaturated/α-hetero) is 1. The van der Waals surface area contributed by atoms with Crippen molar-refractivity contribution in [2.75, 3.05) is 0 Å². The van der Waals surface area contributed by atoms with Crippen LogP contribution in [0.4, 0.5) is 8.78 Å². The number of thiazole rings is 1. The summed E-state index contributed by atoms with van der Waals surface area (Å²) >= 11 is 1.42. The molecule has 0 radical (unpaired) electrons. The molecule has 0 amide bonds. The lowest BCUT2D eigenvalue weighted by Gasteiger charge is -2.14. The molecule has 1 heterocycles. The lowest BCUT2D eigenvalue weighted by molar-refractivity contribution is -0.117. The van der Waals surface area contributed by atoms with E-state index in [4.69, 9.17) is 0 Å². The van der Waals surface area contributed by atoms with E-state index >= 15 is 0 Å². The summed E-state index contributed by atoms with van der Waals surface area (Å²) in [6.07, 6.45) is 0.0325. The van der Waals surface area contributed by atoms with Gasteiger partial charge in [-0.05, 0) is 11.6 Å². The number of hydrogen-bond donors (Lipinski definition) is 0. The summed E-state index contributed by atoms with van der Waals surface area (Å²) < 4.78 is 26.6. The van der Waals surface area contributed by atoms with Gasteiger partial charge in [-0.2, -0.15) is 0 Å². The number of carbonyl (C=O) groups excluding carboxylic acids is 1. The fourth-order valence-electron chi connectivity index (χ4n) is 1.87. The van der Waals surface area contributed by atoms with Gasteiger partial charge >= 0.3 is 0 Å². The first-order valence-electron chi connectivity index (χ1n) is 6.67. The number of hydrogen-bond acceptors (Lipinski definition) is 3. The molecule has 2 rings (SSSR count). The second kappa shape index (κ2) is 6.02. The molecular weight excluding hydrogens is 292 g/mol. The summed E-state index contributed by atoms with van der Waals surface area (Å²) in [5, 5.41) is 2.65. The van der Waals surface area contributed by atoms with Crippen LogP contribution in [0.2, 0.25) is 0 Å². The van der Waals surface area contributed by atoms with Crippen LogP contribution in [0.5, 0.6) is 0 Å². The van der Waals surface area contributed by atoms with E-state index in [0.717, 1.165) is 11.8 Å². The summed E-state index contributed by atoms with van der Waals surface area (Å²) in [5.74, 6) is -2.04. The fraction of sp³-hybridized carbons (Fsp3) is 0.375. The maximum atomic E-state index is 13.5. The maximum absolute atomic E-state index is 13.5. The number of benzene rings is 1. The summed E-state index contributed by atoms with van der Waals surface area (Å²) in [6.45, 7) is 6.15. The highest BCUT2D eigenvalue weighted by atomic mass is 32.1. The second-order valence-corrected chi connectivity index (χ2v) is 6.92. The molecule has 0 unspecified atom stereocenters. The van der Waals surface area contributed by atoms with Crippen LogP contribution in [0.25, 0.3) is 0 Å². The predicted molar refractivity (Wildman–Crippen MR) is 79.6 cm³/mol. The quantitative estimate of drug-likeness (QED) is 0.852. The van der Waals surface area contributed by atoms with E-state index in [1.807, 2.05) is 5.38 Å². The van der Waals surface area contributed by atoms with Gasteiger partial charge in [0.25, 0.3) is 0 Å². The molecule has 0 aliphatic carbocycles. The third-order valence-electron chi connectivity index (χ3n) is 3.09. The molecule has 1 aromatic carbocycles. The molecule has 0 N–H and O–H groups in total. The molecule has 0 aliphatic rings. The third-order valence-corrected chi connectivity index (χ3v) is 3.94. The zero-order valence-electron chi connectivity index (χ0n) is 12.2. The van der Waals surface area contributed by atoms with Gasteiger partial charge in [-0.3, -0.25) is 4.79 Å². The molecule has 2 aromatic rings. The Bertz CT molecular complexity index is 659. The highest BCUT2D eigenvalue weighted by Crippen LogP contribution is 2.24. The molecular formula is C16H17F2NOS. The largest absolute Gasteiger partial charge is 0.299 e. The fourth-order valence-corrected chi connectivity index (χ4v) is 2.91. The van der Waals surface area contributed by atoms with Crippen molar-refractivity contribution in [2.45, 2.75) is 39.0 Å². The van der Waals surface area contributed by atoms with Crippen LogP contribution in [-0.2, 0) is 23.1 Å². The average molecular weight is 309 g/mol. The van der Waals surface area contributed by atoms with Crippen molar-refractivity contribution in [1.29, 1.82) is 0 Å². The van der Waals surface area contributed by atoms with Gasteiger partial charge < -0.3 is 0 Å². The minimum Gasteiger partial charge on any atom is -0.299 e. The van der Waals surface area contributed by atoms with E-state index in [9.17, 15) is 13.6 Å². The van der Waals surface area contributed by atoms with Crippen molar-refractivity contribution >= 4 is 17.1 Å². The average Bonchev–Trinajstić information content (AvgIpc) is 2.83. The lowest BCUT2D eigenvalue weighted by atomic mass is 9.93. The Morgan fingerprint density at radius 2 is 1.95 bits per heavy atom. The molecule has 0 saturated carbocycles. The normalized spacial score (nSPS) is 11.7. The first-order valence-corrected chi connectivity index (χ1v) is 7.55. The van der Waals surface area contributed by atoms with Crippen LogP contribution in [0.3, 0.4) is 0 Å². The van der Waals surface area contributed by atoms with Crippen LogP contribution >= 0.6 is 11.3 Å². The van der Waals surface area contributed by atoms with Crippen LogP contribution < -0.4 is 0 Å². The van der Waals surface area contributed by atoms with Crippen molar-refractivity contribution in [1.82, 2.24) is 4.98 Å². The first kappa shape index (κ1) is 15.8. The minimum atomic E-state index is -0.944. The zero-order chi connectivity index (χ0) is 15.6. The van der Waals surface area contributed by atoms with Crippen molar-refractivity contribution in [2.24, 2.45) is 0 Å². The van der Waals surface area contributed by atoms with Crippen molar-refractivity contribution in [3.8, 4) is 0 Å². The Morgan fingerprint density at radius 3 is 2.57 bits per heavy atom. The molecule has 0 saturated heterocycles. The van der Waals surface area contributed by atoms with E-state index in [-0.39, 0.29) is 29.6 Å². The van der Waals surface area contributed by atoms with Gasteiger partial charge in [-0.25, -0.2) is 13.8 Å². The summed E-state index contributed by atoms with van der Waals surface area (Å²) in [6, 6.07) is 3.88. The Kier molecular flexibility index (Phi) is 4.52. The Hall–Kier alpha value is -1.62. The van der Waals surface area contributed by atoms with Gasteiger partial charge in [0.2, 0.25) is 0 Å². The monoisotopic (exact) mass is 309 g/mol. The third kappa shape index (κ3) is 3.94. The number of aromatic nitrogens is 1. The predicted octanol–water partition coefficient (Wildman–Crippen LogP) is 4.07. The van der Waals surface area contributed by atoms with Crippen LogP contribution in [0.1, 0.15) is 37.0 Å². The van der Waals surface area contributed by atoms with Crippen molar-refractivity contribution in [3.05, 3.63) is 51.5 Å². The molecule has 0 aliphatic heterocycles. The smallest absolute Gasteiger partial charge is 0.162 e. The Labute approximate surface area is 126 Å². The molecule has 0 bridgehead atoms. The lowest BCUT2D eigenvalue weighted by Crippen LogP contribution is -2.12. The van der Waals surface area contributed by atoms with E-state index in [1.54, 1.807) is 0 Å². The van der Waals surface area contributed by atoms with Gasteiger partial charge in [0.15, 0.2) is 11.6 Å². The molecule has 0 fully saturated rings. The Morgan fingerprint density at radius 1 is 1.24 bits per heavy atom. The minimum absolute atomic E-state index is 0.0630. The number of nitrogens with zero attached hydrogens (tertiary/aromatic N) is 1. The van der Waals surface area contributed by atoms with E-state index in [1.165, 1.54) is 23.5 Å². The summed E-state index contributed by atoms with van der Waals surface area (Å²) in [5.41, 5.74) is 0.965. The zero-order valence-corrected chi connectivity index (χ0v) is 13.1. The van der Waals surface area contributed by atoms with E-state index in [2.05, 4.69) is 25.8 Å². The molecule has 112 valence electrons. The molecule has 0 atom stereocenters. The molecule has 5 heteroatoms. The SMILES string of the molecule is CC(C)(C)c1csc(CC(=O)Cc2cccc(F)c2F)n1. The number of rotatable bonds is 4. The van der Waals surface area contributed by atoms with E-state index in [0.29, 0.717) is 5.01 Å². The highest BCUT2D eigenvalue weighted by Gasteiger charge is 2.19. The first-order chi connectivity index (χ1) is 9.77. The second-order valence-electron chi connectivity index (χ2n) is 5.98. The molecule has 21 heavy (non-hydrogen) atoms. The molecule has 2 nitrogen and oxygen atoms in total. The standard InChI is InChI=1S/C16H17F2NOS/c1-16(2,3)13-9-21-14(19-13)8-11(20)7-10-5-4-6-12(17)15(10)18/h4-6,9H,7-8H2,1-3H3. The summed E-state index contributed by atoms with van der Waals surface area (Å²) in [7, 11) is 0. The highest BCUT2D eigenvalue weighted by molar-refractivity contribution is 7.09. The van der Waals surface area contributed by atoms with Crippen LogP contribution in [-0.4, -0.2) is 10.8 Å². The number of carbonyl (C=O) groups is 1. The van der Waals surface area contributed by atoms with Gasteiger partial charge in [0.1, 0.15) is 10.8 Å². The number of halogens is 2. The van der Waals surface area contributed by atoms with E-state index < -0.39 is 11.6 Å². The topological polar surface area (TPSA) is 30.0 Å². The van der Waals surface area contributed by atoms with Gasteiger partial charge in [-0.1, -0.05) is 32.9 Å².